The average Bonchev–Trinajstić information content (AvgIpc) is 2.76. The van der Waals surface area contributed by atoms with E-state index in [0.29, 0.717) is 11.7 Å². The second kappa shape index (κ2) is 4.42. The monoisotopic (exact) mass is 257 g/mol. The van der Waals surface area contributed by atoms with Crippen LogP contribution < -0.4 is 0 Å². The van der Waals surface area contributed by atoms with Gasteiger partial charge in [0.1, 0.15) is 11.0 Å². The Kier molecular flexibility index (Phi) is 2.76. The van der Waals surface area contributed by atoms with Crippen molar-refractivity contribution in [2.75, 3.05) is 0 Å². The fourth-order valence-corrected chi connectivity index (χ4v) is 2.21. The molecule has 2 aromatic heterocycles. The lowest BCUT2D eigenvalue weighted by molar-refractivity contribution is 0.760. The van der Waals surface area contributed by atoms with E-state index in [2.05, 4.69) is 20.6 Å². The Morgan fingerprint density at radius 1 is 1.28 bits per heavy atom. The van der Waals surface area contributed by atoms with Gasteiger partial charge in [0.15, 0.2) is 0 Å². The topological polar surface area (TPSA) is 30.7 Å². The van der Waals surface area contributed by atoms with E-state index < -0.39 is 0 Å². The minimum Gasteiger partial charge on any atom is -0.331 e. The number of aromatic nitrogens is 3. The van der Waals surface area contributed by atoms with Crippen LogP contribution in [-0.2, 0) is 6.54 Å². The molecule has 18 heavy (non-hydrogen) atoms. The predicted octanol–water partition coefficient (Wildman–Crippen LogP) is 3.44. The fraction of sp³-hybridized carbons (Fsp3) is 0.143. The summed E-state index contributed by atoms with van der Waals surface area (Å²) in [4.78, 5) is 8.62. The molecule has 0 aliphatic carbocycles. The minimum absolute atomic E-state index is 0.557. The number of pyridine rings is 1. The highest BCUT2D eigenvalue weighted by Crippen LogP contribution is 2.21. The fourth-order valence-electron chi connectivity index (χ4n) is 2.00. The molecule has 0 spiro atoms. The summed E-state index contributed by atoms with van der Waals surface area (Å²) in [6, 6.07) is 10.1. The summed E-state index contributed by atoms with van der Waals surface area (Å²) in [5.74, 6) is 0.972. The van der Waals surface area contributed by atoms with Gasteiger partial charge in [-0.3, -0.25) is 0 Å². The molecule has 0 saturated carbocycles. The van der Waals surface area contributed by atoms with Crippen LogP contribution in [0.5, 0.6) is 0 Å². The highest BCUT2D eigenvalue weighted by Gasteiger charge is 2.06. The second-order valence-corrected chi connectivity index (χ2v) is 4.59. The Bertz CT molecular complexity index is 703. The molecule has 90 valence electrons. The van der Waals surface area contributed by atoms with Crippen LogP contribution in [0.2, 0.25) is 5.15 Å². The number of rotatable bonds is 2. The zero-order chi connectivity index (χ0) is 12.5. The van der Waals surface area contributed by atoms with E-state index in [1.165, 1.54) is 0 Å². The molecular formula is C14H12ClN3. The van der Waals surface area contributed by atoms with Gasteiger partial charge < -0.3 is 4.57 Å². The first-order valence-electron chi connectivity index (χ1n) is 5.76. The van der Waals surface area contributed by atoms with Crippen molar-refractivity contribution in [2.24, 2.45) is 0 Å². The van der Waals surface area contributed by atoms with Gasteiger partial charge in [-0.05, 0) is 19.1 Å². The van der Waals surface area contributed by atoms with Crippen LogP contribution >= 0.6 is 11.6 Å². The van der Waals surface area contributed by atoms with Crippen molar-refractivity contribution < 1.29 is 0 Å². The molecule has 0 amide bonds. The molecule has 3 aromatic rings. The average molecular weight is 258 g/mol. The van der Waals surface area contributed by atoms with Gasteiger partial charge in [-0.25, -0.2) is 9.97 Å². The maximum Gasteiger partial charge on any atom is 0.134 e. The molecule has 1 aromatic carbocycles. The first kappa shape index (κ1) is 11.2. The van der Waals surface area contributed by atoms with Gasteiger partial charge in [0.25, 0.3) is 0 Å². The minimum atomic E-state index is 0.557. The number of benzene rings is 1. The van der Waals surface area contributed by atoms with Gasteiger partial charge >= 0.3 is 0 Å². The van der Waals surface area contributed by atoms with Crippen LogP contribution in [-0.4, -0.2) is 14.5 Å². The first-order chi connectivity index (χ1) is 8.74. The molecule has 0 radical (unpaired) electrons. The van der Waals surface area contributed by atoms with Crippen LogP contribution in [0, 0.1) is 6.92 Å². The number of aryl methyl sites for hydroxylation is 1. The van der Waals surface area contributed by atoms with Crippen LogP contribution in [0.15, 0.2) is 42.7 Å². The molecule has 3 rings (SSSR count). The third kappa shape index (κ3) is 1.97. The number of hydrogen-bond donors (Lipinski definition) is 0. The number of hydrogen-bond acceptors (Lipinski definition) is 2. The Morgan fingerprint density at radius 3 is 2.89 bits per heavy atom. The summed E-state index contributed by atoms with van der Waals surface area (Å²) >= 11 is 6.23. The number of para-hydroxylation sites is 1. The summed E-state index contributed by atoms with van der Waals surface area (Å²) < 4.78 is 2.05. The number of halogens is 1. The Hall–Kier alpha value is -1.87. The molecule has 2 heterocycles. The third-order valence-electron chi connectivity index (χ3n) is 3.01. The molecular weight excluding hydrogens is 246 g/mol. The lowest BCUT2D eigenvalue weighted by atomic mass is 10.1. The first-order valence-corrected chi connectivity index (χ1v) is 6.14. The van der Waals surface area contributed by atoms with Gasteiger partial charge in [0.05, 0.1) is 12.1 Å². The number of fused-ring (bicyclic) bond motifs is 1. The lowest BCUT2D eigenvalue weighted by Crippen LogP contribution is -2.02. The van der Waals surface area contributed by atoms with Crippen molar-refractivity contribution in [1.29, 1.82) is 0 Å². The van der Waals surface area contributed by atoms with Crippen molar-refractivity contribution in [2.45, 2.75) is 13.5 Å². The van der Waals surface area contributed by atoms with Crippen molar-refractivity contribution in [1.82, 2.24) is 14.5 Å². The maximum atomic E-state index is 6.23. The molecule has 0 aliphatic rings. The van der Waals surface area contributed by atoms with Gasteiger partial charge in [0.2, 0.25) is 0 Å². The SMILES string of the molecule is Cc1nccn1Cc1cc2ccccc2nc1Cl. The second-order valence-electron chi connectivity index (χ2n) is 4.23. The smallest absolute Gasteiger partial charge is 0.134 e. The Labute approximate surface area is 110 Å². The van der Waals surface area contributed by atoms with E-state index in [-0.39, 0.29) is 0 Å². The van der Waals surface area contributed by atoms with Crippen LogP contribution in [0.3, 0.4) is 0 Å². The number of imidazole rings is 1. The molecule has 0 unspecified atom stereocenters. The lowest BCUT2D eigenvalue weighted by Gasteiger charge is -2.08. The van der Waals surface area contributed by atoms with Gasteiger partial charge in [-0.1, -0.05) is 29.8 Å². The normalized spacial score (nSPS) is 11.0. The molecule has 0 bridgehead atoms. The van der Waals surface area contributed by atoms with E-state index in [1.54, 1.807) is 6.20 Å². The van der Waals surface area contributed by atoms with E-state index >= 15 is 0 Å². The molecule has 0 atom stereocenters. The molecule has 0 fully saturated rings. The zero-order valence-electron chi connectivity index (χ0n) is 9.97. The molecule has 4 heteroatoms. The van der Waals surface area contributed by atoms with E-state index in [1.807, 2.05) is 37.4 Å². The summed E-state index contributed by atoms with van der Waals surface area (Å²) in [6.45, 7) is 2.67. The quantitative estimate of drug-likeness (QED) is 0.659. The van der Waals surface area contributed by atoms with Crippen molar-refractivity contribution in [3.8, 4) is 0 Å². The van der Waals surface area contributed by atoms with Gasteiger partial charge in [-0.2, -0.15) is 0 Å². The molecule has 3 nitrogen and oxygen atoms in total. The standard InChI is InChI=1S/C14H12ClN3/c1-10-16-6-7-18(10)9-12-8-11-4-2-3-5-13(11)17-14(12)15/h2-8H,9H2,1H3. The summed E-state index contributed by atoms with van der Waals surface area (Å²) in [6.07, 6.45) is 3.73. The van der Waals surface area contributed by atoms with Crippen molar-refractivity contribution >= 4 is 22.5 Å². The predicted molar refractivity (Wildman–Crippen MR) is 72.8 cm³/mol. The van der Waals surface area contributed by atoms with Crippen molar-refractivity contribution in [3.63, 3.8) is 0 Å². The summed E-state index contributed by atoms with van der Waals surface area (Å²) in [5, 5.41) is 1.66. The molecule has 0 N–H and O–H groups in total. The largest absolute Gasteiger partial charge is 0.331 e. The van der Waals surface area contributed by atoms with E-state index in [9.17, 15) is 0 Å². The van der Waals surface area contributed by atoms with Gasteiger partial charge in [-0.15, -0.1) is 0 Å². The van der Waals surface area contributed by atoms with Crippen molar-refractivity contribution in [3.05, 3.63) is 59.3 Å². The summed E-state index contributed by atoms with van der Waals surface area (Å²) in [5.41, 5.74) is 1.94. The Balaban J connectivity index is 2.06. The molecule has 0 saturated heterocycles. The highest BCUT2D eigenvalue weighted by molar-refractivity contribution is 6.30. The van der Waals surface area contributed by atoms with Crippen LogP contribution in [0.4, 0.5) is 0 Å². The van der Waals surface area contributed by atoms with Gasteiger partial charge in [0, 0.05) is 23.3 Å². The van der Waals surface area contributed by atoms with Crippen LogP contribution in [0.25, 0.3) is 10.9 Å². The Morgan fingerprint density at radius 2 is 2.11 bits per heavy atom. The maximum absolute atomic E-state index is 6.23. The number of nitrogens with zero attached hydrogens (tertiary/aromatic N) is 3. The summed E-state index contributed by atoms with van der Waals surface area (Å²) in [7, 11) is 0. The highest BCUT2D eigenvalue weighted by atomic mass is 35.5. The van der Waals surface area contributed by atoms with E-state index in [0.717, 1.165) is 22.3 Å². The molecule has 0 aliphatic heterocycles. The van der Waals surface area contributed by atoms with Crippen LogP contribution in [0.1, 0.15) is 11.4 Å². The van der Waals surface area contributed by atoms with E-state index in [4.69, 9.17) is 11.6 Å². The third-order valence-corrected chi connectivity index (χ3v) is 3.34. The zero-order valence-corrected chi connectivity index (χ0v) is 10.7.